The van der Waals surface area contributed by atoms with Gasteiger partial charge in [-0.2, -0.15) is 4.98 Å². The zero-order chi connectivity index (χ0) is 41.9. The third-order valence-electron chi connectivity index (χ3n) is 13.0. The third-order valence-corrected chi connectivity index (χ3v) is 13.3. The molecule has 4 amide bonds. The van der Waals surface area contributed by atoms with E-state index in [0.717, 1.165) is 43.6 Å². The Kier molecular flexibility index (Phi) is 11.9. The summed E-state index contributed by atoms with van der Waals surface area (Å²) in [4.78, 5) is 73.0. The molecule has 0 bridgehead atoms. The van der Waals surface area contributed by atoms with Crippen molar-refractivity contribution in [1.29, 1.82) is 0 Å². The lowest BCUT2D eigenvalue weighted by atomic mass is 9.77. The molecule has 0 radical (unpaired) electrons. The maximum Gasteiger partial charge on any atom is 0.249 e. The molecule has 5 aliphatic rings. The predicted molar refractivity (Wildman–Crippen MR) is 232 cm³/mol. The highest BCUT2D eigenvalue weighted by Crippen LogP contribution is 2.43. The molecule has 2 unspecified atom stereocenters. The monoisotopic (exact) mass is 846 g/mol. The molecule has 1 spiro atoms. The fourth-order valence-corrected chi connectivity index (χ4v) is 9.65. The molecule has 7 heterocycles. The number of morpholine rings is 1. The van der Waals surface area contributed by atoms with Crippen molar-refractivity contribution in [2.75, 3.05) is 79.4 Å². The van der Waals surface area contributed by atoms with Crippen LogP contribution in [0.2, 0.25) is 5.02 Å². The number of hydrogen-bond acceptors (Lipinski definition) is 12. The van der Waals surface area contributed by atoms with Crippen LogP contribution < -0.4 is 25.8 Å². The number of rotatable bonds is 10. The molecule has 0 saturated carbocycles. The van der Waals surface area contributed by atoms with E-state index in [1.165, 1.54) is 5.56 Å². The van der Waals surface area contributed by atoms with Crippen LogP contribution in [-0.2, 0) is 23.9 Å². The number of piperidine rings is 3. The number of imide groups is 1. The second kappa shape index (κ2) is 17.8. The van der Waals surface area contributed by atoms with Crippen LogP contribution in [0.15, 0.2) is 79.3 Å². The summed E-state index contributed by atoms with van der Waals surface area (Å²) >= 11 is 6.62. The van der Waals surface area contributed by atoms with E-state index in [-0.39, 0.29) is 29.7 Å². The summed E-state index contributed by atoms with van der Waals surface area (Å²) in [6.07, 6.45) is 9.67. The Bertz CT molecular complexity index is 2250. The molecule has 5 saturated heterocycles. The zero-order valence-electron chi connectivity index (χ0n) is 34.1. The Morgan fingerprint density at radius 2 is 1.64 bits per heavy atom. The molecule has 3 N–H and O–H groups in total. The fraction of sp³-hybridized carbons (Fsp3) is 0.444. The number of nitrogens with one attached hydrogen (secondary N) is 3. The van der Waals surface area contributed by atoms with Crippen molar-refractivity contribution in [1.82, 2.24) is 30.1 Å². The van der Waals surface area contributed by atoms with Crippen LogP contribution in [0, 0.1) is 5.41 Å². The minimum absolute atomic E-state index is 0.0886. The Hall–Kier alpha value is -5.64. The molecular formula is C45H51ClN10O5. The van der Waals surface area contributed by atoms with Crippen LogP contribution in [0.4, 0.5) is 28.8 Å². The molecule has 4 aromatic rings. The van der Waals surface area contributed by atoms with Gasteiger partial charge >= 0.3 is 0 Å². The van der Waals surface area contributed by atoms with Crippen molar-refractivity contribution in [3.8, 4) is 0 Å². The van der Waals surface area contributed by atoms with E-state index < -0.39 is 11.5 Å². The van der Waals surface area contributed by atoms with Crippen LogP contribution >= 0.6 is 11.6 Å². The maximum atomic E-state index is 14.1. The molecular weight excluding hydrogens is 796 g/mol. The van der Waals surface area contributed by atoms with Gasteiger partial charge in [0.1, 0.15) is 17.2 Å². The van der Waals surface area contributed by atoms with Crippen LogP contribution in [0.1, 0.15) is 68.1 Å². The van der Waals surface area contributed by atoms with Crippen LogP contribution in [0.25, 0.3) is 0 Å². The van der Waals surface area contributed by atoms with E-state index in [1.807, 2.05) is 46.2 Å². The SMILES string of the molecule is O=C1CCC(Nc2ccc(C3CCN(CC(=O)N4CCC5(CC4)CCN(c4cncc(Nc6ncc(Cl)c(N7CCOC(c8ccccc8)C7)n6)c4)C5=O)CC3)cc2)C(=O)N1. The number of aromatic nitrogens is 3. The first-order chi connectivity index (χ1) is 29.7. The summed E-state index contributed by atoms with van der Waals surface area (Å²) in [6.45, 7) is 5.60. The van der Waals surface area contributed by atoms with E-state index in [9.17, 15) is 19.2 Å². The number of nitrogens with zero attached hydrogens (tertiary/aromatic N) is 7. The fourth-order valence-electron chi connectivity index (χ4n) is 9.44. The molecule has 5 aliphatic heterocycles. The maximum absolute atomic E-state index is 14.1. The number of carbonyl (C=O) groups is 4. The summed E-state index contributed by atoms with van der Waals surface area (Å²) in [5.41, 5.74) is 4.09. The first-order valence-electron chi connectivity index (χ1n) is 21.4. The van der Waals surface area contributed by atoms with Crippen molar-refractivity contribution >= 4 is 64.1 Å². The van der Waals surface area contributed by atoms with Gasteiger partial charge in [-0.15, -0.1) is 0 Å². The number of anilines is 5. The highest BCUT2D eigenvalue weighted by molar-refractivity contribution is 6.32. The average Bonchev–Trinajstić information content (AvgIpc) is 3.60. The second-order valence-corrected chi connectivity index (χ2v) is 17.2. The Labute approximate surface area is 360 Å². The number of hydrogen-bond donors (Lipinski definition) is 3. The smallest absolute Gasteiger partial charge is 0.249 e. The molecule has 5 fully saturated rings. The average molecular weight is 847 g/mol. The Balaban J connectivity index is 0.745. The number of amides is 4. The van der Waals surface area contributed by atoms with Crippen molar-refractivity contribution in [3.63, 3.8) is 0 Å². The quantitative estimate of drug-likeness (QED) is 0.177. The lowest BCUT2D eigenvalue weighted by Gasteiger charge is -2.39. The van der Waals surface area contributed by atoms with E-state index in [1.54, 1.807) is 18.6 Å². The number of halogens is 1. The first-order valence-corrected chi connectivity index (χ1v) is 21.8. The van der Waals surface area contributed by atoms with Gasteiger partial charge in [0.25, 0.3) is 0 Å². The van der Waals surface area contributed by atoms with Gasteiger partial charge in [-0.1, -0.05) is 54.1 Å². The summed E-state index contributed by atoms with van der Waals surface area (Å²) in [5.74, 6) is 1.12. The van der Waals surface area contributed by atoms with Gasteiger partial charge in [0.15, 0.2) is 5.82 Å². The molecule has 9 rings (SSSR count). The molecule has 2 atom stereocenters. The van der Waals surface area contributed by atoms with Gasteiger partial charge in [0.2, 0.25) is 29.6 Å². The largest absolute Gasteiger partial charge is 0.374 e. The third kappa shape index (κ3) is 9.05. The van der Waals surface area contributed by atoms with Crippen molar-refractivity contribution in [2.45, 2.75) is 63.0 Å². The molecule has 15 nitrogen and oxygen atoms in total. The van der Waals surface area contributed by atoms with Gasteiger partial charge in [-0.25, -0.2) is 4.98 Å². The van der Waals surface area contributed by atoms with Crippen LogP contribution in [0.5, 0.6) is 0 Å². The molecule has 2 aromatic carbocycles. The Morgan fingerprint density at radius 3 is 2.41 bits per heavy atom. The highest BCUT2D eigenvalue weighted by Gasteiger charge is 2.49. The van der Waals surface area contributed by atoms with E-state index in [2.05, 4.69) is 60.0 Å². The van der Waals surface area contributed by atoms with E-state index in [4.69, 9.17) is 21.3 Å². The summed E-state index contributed by atoms with van der Waals surface area (Å²) in [7, 11) is 0. The van der Waals surface area contributed by atoms with E-state index in [0.29, 0.717) is 106 Å². The van der Waals surface area contributed by atoms with Crippen molar-refractivity contribution in [3.05, 3.63) is 95.4 Å². The van der Waals surface area contributed by atoms with Crippen molar-refractivity contribution < 1.29 is 23.9 Å². The standard InChI is InChI=1S/C45H51ClN10O5/c46-36-27-48-44(52-41(36)55-22-23-61-38(28-55)32-4-2-1-3-5-32)50-34-24-35(26-47-25-34)56-21-16-45(43(56)60)14-19-54(20-15-45)40(58)29-53-17-12-31(13-18-53)30-6-8-33(9-7-30)49-37-10-11-39(57)51-42(37)59/h1-9,24-27,31,37-38,49H,10-23,28-29H2,(H,48,50,52)(H,51,57,59). The van der Waals surface area contributed by atoms with Gasteiger partial charge in [-0.3, -0.25) is 34.4 Å². The molecule has 2 aromatic heterocycles. The van der Waals surface area contributed by atoms with Crippen LogP contribution in [0.3, 0.4) is 0 Å². The van der Waals surface area contributed by atoms with Gasteiger partial charge < -0.3 is 30.1 Å². The zero-order valence-corrected chi connectivity index (χ0v) is 34.9. The summed E-state index contributed by atoms with van der Waals surface area (Å²) in [6, 6.07) is 19.8. The normalized spacial score (nSPS) is 22.4. The highest BCUT2D eigenvalue weighted by atomic mass is 35.5. The van der Waals surface area contributed by atoms with Crippen molar-refractivity contribution in [2.24, 2.45) is 5.41 Å². The van der Waals surface area contributed by atoms with Gasteiger partial charge in [0, 0.05) is 44.8 Å². The molecule has 0 aliphatic carbocycles. The minimum Gasteiger partial charge on any atom is -0.374 e. The number of pyridine rings is 1. The topological polar surface area (TPSA) is 165 Å². The van der Waals surface area contributed by atoms with Gasteiger partial charge in [-0.05, 0) is 86.9 Å². The number of carbonyl (C=O) groups excluding carboxylic acids is 4. The number of likely N-dealkylation sites (tertiary alicyclic amines) is 2. The summed E-state index contributed by atoms with van der Waals surface area (Å²) in [5, 5.41) is 9.36. The molecule has 16 heteroatoms. The van der Waals surface area contributed by atoms with Crippen LogP contribution in [-0.4, -0.2) is 113 Å². The Morgan fingerprint density at radius 1 is 0.869 bits per heavy atom. The number of benzene rings is 2. The number of ether oxygens (including phenoxy) is 1. The predicted octanol–water partition coefficient (Wildman–Crippen LogP) is 5.29. The lowest BCUT2D eigenvalue weighted by molar-refractivity contribution is -0.138. The lowest BCUT2D eigenvalue weighted by Crippen LogP contribution is -2.49. The minimum atomic E-state index is -0.491. The van der Waals surface area contributed by atoms with Gasteiger partial charge in [0.05, 0.1) is 48.5 Å². The first kappa shape index (κ1) is 40.7. The molecule has 318 valence electrons. The second-order valence-electron chi connectivity index (χ2n) is 16.8. The summed E-state index contributed by atoms with van der Waals surface area (Å²) < 4.78 is 6.06. The molecule has 61 heavy (non-hydrogen) atoms. The van der Waals surface area contributed by atoms with E-state index >= 15 is 0 Å².